The summed E-state index contributed by atoms with van der Waals surface area (Å²) in [4.78, 5) is 0. The van der Waals surface area contributed by atoms with E-state index < -0.39 is 0 Å². The number of benzene rings is 1. The van der Waals surface area contributed by atoms with Crippen molar-refractivity contribution < 1.29 is 4.74 Å². The van der Waals surface area contributed by atoms with Crippen LogP contribution in [0.2, 0.25) is 0 Å². The van der Waals surface area contributed by atoms with Crippen LogP contribution in [0.1, 0.15) is 44.7 Å². The van der Waals surface area contributed by atoms with Gasteiger partial charge in [-0.3, -0.25) is 11.3 Å². The molecule has 1 fully saturated rings. The number of hydrazine groups is 1. The van der Waals surface area contributed by atoms with E-state index >= 15 is 0 Å². The fourth-order valence-corrected chi connectivity index (χ4v) is 3.07. The molecule has 3 unspecified atom stereocenters. The maximum atomic E-state index is 5.76. The van der Waals surface area contributed by atoms with Crippen LogP contribution in [0.4, 0.5) is 0 Å². The molecule has 0 heterocycles. The van der Waals surface area contributed by atoms with E-state index in [-0.39, 0.29) is 6.04 Å². The maximum absolute atomic E-state index is 5.76. The molecule has 0 spiro atoms. The van der Waals surface area contributed by atoms with Crippen LogP contribution in [-0.4, -0.2) is 6.61 Å². The molecule has 0 aromatic heterocycles. The van der Waals surface area contributed by atoms with Crippen molar-refractivity contribution in [2.75, 3.05) is 6.61 Å². The van der Waals surface area contributed by atoms with Crippen molar-refractivity contribution in [3.8, 4) is 5.75 Å². The molecule has 1 aromatic rings. The first-order chi connectivity index (χ1) is 8.76. The lowest BCUT2D eigenvalue weighted by Crippen LogP contribution is -2.34. The molecule has 100 valence electrons. The number of nitrogens with two attached hydrogens (primary N) is 1. The molecule has 0 saturated heterocycles. The lowest BCUT2D eigenvalue weighted by atomic mass is 9.86. The second-order valence-electron chi connectivity index (χ2n) is 5.22. The Bertz CT molecular complexity index is 363. The molecule has 3 nitrogen and oxygen atoms in total. The fourth-order valence-electron chi connectivity index (χ4n) is 3.07. The van der Waals surface area contributed by atoms with Gasteiger partial charge in [-0.05, 0) is 42.9 Å². The number of hydrogen-bond donors (Lipinski definition) is 2. The minimum atomic E-state index is 0.262. The first kappa shape index (κ1) is 13.4. The second kappa shape index (κ2) is 6.21. The third-order valence-electron chi connectivity index (χ3n) is 4.09. The van der Waals surface area contributed by atoms with Crippen LogP contribution >= 0.6 is 0 Å². The van der Waals surface area contributed by atoms with Crippen LogP contribution < -0.4 is 16.0 Å². The zero-order valence-corrected chi connectivity index (χ0v) is 11.4. The average Bonchev–Trinajstić information content (AvgIpc) is 2.79. The number of nitrogens with one attached hydrogen (secondary N) is 1. The van der Waals surface area contributed by atoms with Crippen LogP contribution in [0.15, 0.2) is 24.3 Å². The minimum absolute atomic E-state index is 0.262. The second-order valence-corrected chi connectivity index (χ2v) is 5.22. The molecule has 3 atom stereocenters. The SMILES string of the molecule is CCOc1ccc(C(NN)C2CCCC2C)cc1. The Kier molecular flexibility index (Phi) is 4.61. The summed E-state index contributed by atoms with van der Waals surface area (Å²) in [6.45, 7) is 5.03. The summed E-state index contributed by atoms with van der Waals surface area (Å²) >= 11 is 0. The van der Waals surface area contributed by atoms with Gasteiger partial charge in [0, 0.05) is 6.04 Å². The first-order valence-corrected chi connectivity index (χ1v) is 6.95. The normalized spacial score (nSPS) is 25.1. The van der Waals surface area contributed by atoms with Crippen LogP contribution in [-0.2, 0) is 0 Å². The summed E-state index contributed by atoms with van der Waals surface area (Å²) < 4.78 is 5.47. The Morgan fingerprint density at radius 2 is 2.06 bits per heavy atom. The Hall–Kier alpha value is -1.06. The van der Waals surface area contributed by atoms with Gasteiger partial charge in [0.2, 0.25) is 0 Å². The summed E-state index contributed by atoms with van der Waals surface area (Å²) in [5, 5.41) is 0. The molecule has 0 radical (unpaired) electrons. The van der Waals surface area contributed by atoms with Gasteiger partial charge in [0.25, 0.3) is 0 Å². The highest BCUT2D eigenvalue weighted by atomic mass is 16.5. The van der Waals surface area contributed by atoms with Crippen LogP contribution in [0.5, 0.6) is 5.75 Å². The van der Waals surface area contributed by atoms with Crippen molar-refractivity contribution in [1.29, 1.82) is 0 Å². The molecule has 1 aliphatic rings. The molecule has 1 saturated carbocycles. The molecule has 0 bridgehead atoms. The summed E-state index contributed by atoms with van der Waals surface area (Å²) in [5.41, 5.74) is 4.26. The van der Waals surface area contributed by atoms with Crippen LogP contribution in [0.3, 0.4) is 0 Å². The summed E-state index contributed by atoms with van der Waals surface area (Å²) in [6.07, 6.45) is 3.91. The highest BCUT2D eigenvalue weighted by molar-refractivity contribution is 5.29. The lowest BCUT2D eigenvalue weighted by molar-refractivity contribution is 0.304. The molecule has 1 aliphatic carbocycles. The molecule has 2 rings (SSSR count). The van der Waals surface area contributed by atoms with E-state index in [4.69, 9.17) is 10.6 Å². The van der Waals surface area contributed by atoms with Crippen molar-refractivity contribution in [2.24, 2.45) is 17.7 Å². The smallest absolute Gasteiger partial charge is 0.119 e. The van der Waals surface area contributed by atoms with Crippen molar-refractivity contribution >= 4 is 0 Å². The third kappa shape index (κ3) is 2.85. The molecule has 0 amide bonds. The highest BCUT2D eigenvalue weighted by Crippen LogP contribution is 2.39. The average molecular weight is 248 g/mol. The lowest BCUT2D eigenvalue weighted by Gasteiger charge is -2.26. The minimum Gasteiger partial charge on any atom is -0.494 e. The third-order valence-corrected chi connectivity index (χ3v) is 4.09. The van der Waals surface area contributed by atoms with E-state index in [0.717, 1.165) is 11.7 Å². The van der Waals surface area contributed by atoms with E-state index in [0.29, 0.717) is 12.5 Å². The molecule has 0 aliphatic heterocycles. The van der Waals surface area contributed by atoms with Gasteiger partial charge in [-0.1, -0.05) is 31.9 Å². The van der Waals surface area contributed by atoms with Gasteiger partial charge in [-0.2, -0.15) is 0 Å². The van der Waals surface area contributed by atoms with Crippen molar-refractivity contribution in [3.05, 3.63) is 29.8 Å². The van der Waals surface area contributed by atoms with Gasteiger partial charge in [0.05, 0.1) is 6.61 Å². The maximum Gasteiger partial charge on any atom is 0.119 e. The molecule has 3 N–H and O–H groups in total. The van der Waals surface area contributed by atoms with Crippen LogP contribution in [0.25, 0.3) is 0 Å². The number of rotatable bonds is 5. The quantitative estimate of drug-likeness (QED) is 0.622. The molecule has 3 heteroatoms. The van der Waals surface area contributed by atoms with Gasteiger partial charge in [0.15, 0.2) is 0 Å². The van der Waals surface area contributed by atoms with E-state index in [1.54, 1.807) is 0 Å². The topological polar surface area (TPSA) is 47.3 Å². The zero-order valence-electron chi connectivity index (χ0n) is 11.4. The van der Waals surface area contributed by atoms with Gasteiger partial charge in [0.1, 0.15) is 5.75 Å². The van der Waals surface area contributed by atoms with Gasteiger partial charge in [-0.15, -0.1) is 0 Å². The highest BCUT2D eigenvalue weighted by Gasteiger charge is 2.31. The molecular weight excluding hydrogens is 224 g/mol. The molecular formula is C15H24N2O. The van der Waals surface area contributed by atoms with Crippen molar-refractivity contribution in [1.82, 2.24) is 5.43 Å². The Morgan fingerprint density at radius 3 is 2.56 bits per heavy atom. The van der Waals surface area contributed by atoms with E-state index in [1.807, 2.05) is 19.1 Å². The summed E-state index contributed by atoms with van der Waals surface area (Å²) in [5.74, 6) is 8.08. The molecule has 1 aromatic carbocycles. The van der Waals surface area contributed by atoms with E-state index in [2.05, 4.69) is 24.5 Å². The Balaban J connectivity index is 2.11. The summed E-state index contributed by atoms with van der Waals surface area (Å²) in [6, 6.07) is 8.57. The largest absolute Gasteiger partial charge is 0.494 e. The fraction of sp³-hybridized carbons (Fsp3) is 0.600. The van der Waals surface area contributed by atoms with E-state index in [9.17, 15) is 0 Å². The predicted molar refractivity (Wildman–Crippen MR) is 74.2 cm³/mol. The molecule has 18 heavy (non-hydrogen) atoms. The predicted octanol–water partition coefficient (Wildman–Crippen LogP) is 3.03. The van der Waals surface area contributed by atoms with Crippen LogP contribution in [0, 0.1) is 11.8 Å². The van der Waals surface area contributed by atoms with Gasteiger partial charge >= 0.3 is 0 Å². The van der Waals surface area contributed by atoms with Crippen molar-refractivity contribution in [3.63, 3.8) is 0 Å². The zero-order chi connectivity index (χ0) is 13.0. The van der Waals surface area contributed by atoms with E-state index in [1.165, 1.54) is 24.8 Å². The Morgan fingerprint density at radius 1 is 1.33 bits per heavy atom. The standard InChI is InChI=1S/C15H24N2O/c1-3-18-13-9-7-12(8-10-13)15(17-16)14-6-4-5-11(14)2/h7-11,14-15,17H,3-6,16H2,1-2H3. The van der Waals surface area contributed by atoms with Gasteiger partial charge < -0.3 is 4.74 Å². The monoisotopic (exact) mass is 248 g/mol. The summed E-state index contributed by atoms with van der Waals surface area (Å²) in [7, 11) is 0. The Labute approximate surface area is 110 Å². The first-order valence-electron chi connectivity index (χ1n) is 6.95. The van der Waals surface area contributed by atoms with Gasteiger partial charge in [-0.25, -0.2) is 0 Å². The number of hydrogen-bond acceptors (Lipinski definition) is 3. The van der Waals surface area contributed by atoms with Crippen molar-refractivity contribution in [2.45, 2.75) is 39.2 Å². The number of ether oxygens (including phenoxy) is 1.